The first-order valence-corrected chi connectivity index (χ1v) is 8.22. The second-order valence-corrected chi connectivity index (χ2v) is 5.79. The molecule has 0 spiro atoms. The van der Waals surface area contributed by atoms with Gasteiger partial charge in [-0.15, -0.1) is 0 Å². The van der Waals surface area contributed by atoms with E-state index in [1.807, 2.05) is 36.4 Å². The number of hydrazone groups is 1. The highest BCUT2D eigenvalue weighted by molar-refractivity contribution is 6.40. The minimum absolute atomic E-state index is 0.182. The van der Waals surface area contributed by atoms with Crippen molar-refractivity contribution in [1.29, 1.82) is 0 Å². The van der Waals surface area contributed by atoms with E-state index in [4.69, 9.17) is 9.47 Å². The largest absolute Gasteiger partial charge is 0.454 e. The summed E-state index contributed by atoms with van der Waals surface area (Å²) in [5.74, 6) is -0.390. The summed E-state index contributed by atoms with van der Waals surface area (Å²) in [4.78, 5) is 24.1. The zero-order chi connectivity index (χ0) is 18.6. The van der Waals surface area contributed by atoms with Crippen LogP contribution in [0.5, 0.6) is 11.5 Å². The highest BCUT2D eigenvalue weighted by Crippen LogP contribution is 2.31. The van der Waals surface area contributed by atoms with E-state index in [0.29, 0.717) is 22.7 Å². The molecule has 0 radical (unpaired) electrons. The summed E-state index contributed by atoms with van der Waals surface area (Å²) in [7, 11) is 0. The van der Waals surface area contributed by atoms with Gasteiger partial charge in [0.25, 0.3) is 0 Å². The average molecular weight is 361 g/mol. The van der Waals surface area contributed by atoms with Gasteiger partial charge in [0, 0.05) is 11.1 Å². The van der Waals surface area contributed by atoms with Crippen molar-refractivity contribution < 1.29 is 19.1 Å². The van der Waals surface area contributed by atoms with Crippen molar-refractivity contribution in [2.24, 2.45) is 5.10 Å². The summed E-state index contributed by atoms with van der Waals surface area (Å²) in [6.45, 7) is 0.182. The van der Waals surface area contributed by atoms with E-state index in [1.54, 1.807) is 24.3 Å². The van der Waals surface area contributed by atoms with Crippen LogP contribution in [0.25, 0.3) is 10.8 Å². The van der Waals surface area contributed by atoms with Gasteiger partial charge in [-0.3, -0.25) is 9.59 Å². The van der Waals surface area contributed by atoms with E-state index in [0.717, 1.165) is 10.8 Å². The topological polar surface area (TPSA) is 89.0 Å². The van der Waals surface area contributed by atoms with Gasteiger partial charge in [0.2, 0.25) is 6.79 Å². The van der Waals surface area contributed by atoms with E-state index in [1.165, 1.54) is 6.21 Å². The number of benzene rings is 3. The Bertz CT molecular complexity index is 1060. The maximum absolute atomic E-state index is 12.1. The lowest BCUT2D eigenvalue weighted by atomic mass is 10.1. The quantitative estimate of drug-likeness (QED) is 0.426. The smallest absolute Gasteiger partial charge is 0.329 e. The second kappa shape index (κ2) is 7.17. The SMILES string of the molecule is O=C(N/N=C\c1ccc2c(c1)OCO2)C(=O)Nc1cccc2ccccc12. The summed E-state index contributed by atoms with van der Waals surface area (Å²) in [5.41, 5.74) is 3.48. The minimum atomic E-state index is -0.861. The molecule has 0 aromatic heterocycles. The number of carbonyl (C=O) groups is 2. The lowest BCUT2D eigenvalue weighted by Crippen LogP contribution is -2.32. The Hall–Kier alpha value is -3.87. The van der Waals surface area contributed by atoms with Crippen LogP contribution in [0.15, 0.2) is 65.8 Å². The Kier molecular flexibility index (Phi) is 4.40. The number of amides is 2. The lowest BCUT2D eigenvalue weighted by Gasteiger charge is -2.07. The molecule has 2 N–H and O–H groups in total. The number of hydrogen-bond acceptors (Lipinski definition) is 5. The molecule has 0 aliphatic carbocycles. The molecule has 0 atom stereocenters. The average Bonchev–Trinajstić information content (AvgIpc) is 3.16. The monoisotopic (exact) mass is 361 g/mol. The summed E-state index contributed by atoms with van der Waals surface area (Å²) >= 11 is 0. The van der Waals surface area contributed by atoms with Crippen LogP contribution >= 0.6 is 0 Å². The number of anilines is 1. The molecule has 0 bridgehead atoms. The predicted molar refractivity (Wildman–Crippen MR) is 101 cm³/mol. The number of nitrogens with one attached hydrogen (secondary N) is 2. The first-order chi connectivity index (χ1) is 13.2. The van der Waals surface area contributed by atoms with Gasteiger partial charge >= 0.3 is 11.8 Å². The van der Waals surface area contributed by atoms with Gasteiger partial charge in [-0.25, -0.2) is 5.43 Å². The Balaban J connectivity index is 1.40. The van der Waals surface area contributed by atoms with Gasteiger partial charge in [-0.1, -0.05) is 36.4 Å². The van der Waals surface area contributed by atoms with Crippen molar-refractivity contribution in [1.82, 2.24) is 5.43 Å². The van der Waals surface area contributed by atoms with Gasteiger partial charge in [-0.2, -0.15) is 5.10 Å². The molecule has 3 aromatic rings. The molecule has 1 aliphatic rings. The molecule has 0 fully saturated rings. The van der Waals surface area contributed by atoms with Crippen molar-refractivity contribution >= 4 is 34.5 Å². The van der Waals surface area contributed by atoms with Gasteiger partial charge in [0.1, 0.15) is 0 Å². The molecule has 1 aliphatic heterocycles. The van der Waals surface area contributed by atoms with Crippen LogP contribution in [-0.2, 0) is 9.59 Å². The third kappa shape index (κ3) is 3.57. The first kappa shape index (κ1) is 16.6. The van der Waals surface area contributed by atoms with Crippen LogP contribution in [0.3, 0.4) is 0 Å². The Morgan fingerprint density at radius 1 is 0.926 bits per heavy atom. The van der Waals surface area contributed by atoms with Crippen LogP contribution < -0.4 is 20.2 Å². The molecule has 2 amide bonds. The Morgan fingerprint density at radius 3 is 2.67 bits per heavy atom. The highest BCUT2D eigenvalue weighted by Gasteiger charge is 2.15. The van der Waals surface area contributed by atoms with E-state index in [2.05, 4.69) is 15.8 Å². The number of hydrogen-bond donors (Lipinski definition) is 2. The summed E-state index contributed by atoms with van der Waals surface area (Å²) in [6.07, 6.45) is 1.42. The van der Waals surface area contributed by atoms with Crippen molar-refractivity contribution in [2.45, 2.75) is 0 Å². The molecule has 7 nitrogen and oxygen atoms in total. The molecule has 7 heteroatoms. The molecule has 0 saturated carbocycles. The van der Waals surface area contributed by atoms with Gasteiger partial charge in [0.05, 0.1) is 6.21 Å². The van der Waals surface area contributed by atoms with E-state index >= 15 is 0 Å². The van der Waals surface area contributed by atoms with Gasteiger partial charge in [-0.05, 0) is 35.2 Å². The van der Waals surface area contributed by atoms with E-state index in [-0.39, 0.29) is 6.79 Å². The molecule has 4 rings (SSSR count). The molecule has 27 heavy (non-hydrogen) atoms. The zero-order valence-corrected chi connectivity index (χ0v) is 14.1. The fraction of sp³-hybridized carbons (Fsp3) is 0.0500. The normalized spacial score (nSPS) is 12.3. The maximum Gasteiger partial charge on any atom is 0.329 e. The molecule has 134 valence electrons. The van der Waals surface area contributed by atoms with E-state index < -0.39 is 11.8 Å². The number of nitrogens with zero attached hydrogens (tertiary/aromatic N) is 1. The van der Waals surface area contributed by atoms with E-state index in [9.17, 15) is 9.59 Å². The highest BCUT2D eigenvalue weighted by atomic mass is 16.7. The summed E-state index contributed by atoms with van der Waals surface area (Å²) in [5, 5.41) is 8.24. The van der Waals surface area contributed by atoms with Crippen LogP contribution in [0, 0.1) is 0 Å². The van der Waals surface area contributed by atoms with Gasteiger partial charge in [0.15, 0.2) is 11.5 Å². The molecule has 1 heterocycles. The second-order valence-electron chi connectivity index (χ2n) is 5.79. The van der Waals surface area contributed by atoms with Gasteiger partial charge < -0.3 is 14.8 Å². The molecular weight excluding hydrogens is 346 g/mol. The standard InChI is InChI=1S/C20H15N3O4/c24-19(22-16-7-3-5-14-4-1-2-6-15(14)16)20(25)23-21-11-13-8-9-17-18(10-13)27-12-26-17/h1-11H,12H2,(H,22,24)(H,23,25)/b21-11-. The first-order valence-electron chi connectivity index (χ1n) is 8.22. The van der Waals surface area contributed by atoms with Crippen LogP contribution in [0.1, 0.15) is 5.56 Å². The Morgan fingerprint density at radius 2 is 1.74 bits per heavy atom. The summed E-state index contributed by atoms with van der Waals surface area (Å²) in [6, 6.07) is 18.3. The number of carbonyl (C=O) groups excluding carboxylic acids is 2. The number of ether oxygens (including phenoxy) is 2. The van der Waals surface area contributed by atoms with Crippen molar-refractivity contribution in [3.63, 3.8) is 0 Å². The zero-order valence-electron chi connectivity index (χ0n) is 14.1. The maximum atomic E-state index is 12.1. The fourth-order valence-corrected chi connectivity index (χ4v) is 2.72. The van der Waals surface area contributed by atoms with Crippen LogP contribution in [0.2, 0.25) is 0 Å². The Labute approximate surface area is 154 Å². The third-order valence-corrected chi connectivity index (χ3v) is 4.02. The predicted octanol–water partition coefficient (Wildman–Crippen LogP) is 2.66. The third-order valence-electron chi connectivity index (χ3n) is 4.02. The molecule has 0 unspecified atom stereocenters. The minimum Gasteiger partial charge on any atom is -0.454 e. The molecular formula is C20H15N3O4. The van der Waals surface area contributed by atoms with Crippen LogP contribution in [0.4, 0.5) is 5.69 Å². The lowest BCUT2D eigenvalue weighted by molar-refractivity contribution is -0.136. The number of rotatable bonds is 3. The summed E-state index contributed by atoms with van der Waals surface area (Å²) < 4.78 is 10.5. The van der Waals surface area contributed by atoms with Crippen molar-refractivity contribution in [3.8, 4) is 11.5 Å². The number of fused-ring (bicyclic) bond motifs is 2. The van der Waals surface area contributed by atoms with Crippen molar-refractivity contribution in [3.05, 3.63) is 66.2 Å². The van der Waals surface area contributed by atoms with Crippen LogP contribution in [-0.4, -0.2) is 24.8 Å². The molecule has 0 saturated heterocycles. The fourth-order valence-electron chi connectivity index (χ4n) is 2.72. The molecule has 3 aromatic carbocycles. The van der Waals surface area contributed by atoms with Crippen molar-refractivity contribution in [2.75, 3.05) is 12.1 Å².